The van der Waals surface area contributed by atoms with Crippen molar-refractivity contribution in [3.63, 3.8) is 0 Å². The molecule has 0 spiro atoms. The maximum Gasteiger partial charge on any atom is 0.337 e. The summed E-state index contributed by atoms with van der Waals surface area (Å²) in [6, 6.07) is 9.41. The number of hydrogen-bond acceptors (Lipinski definition) is 6. The van der Waals surface area contributed by atoms with E-state index in [1.807, 2.05) is 0 Å². The van der Waals surface area contributed by atoms with Crippen LogP contribution in [0.4, 0.5) is 0 Å². The number of carbonyl (C=O) groups excluding carboxylic acids is 4. The Kier molecular flexibility index (Phi) is 4.74. The number of ether oxygens (including phenoxy) is 1. The van der Waals surface area contributed by atoms with Crippen molar-refractivity contribution < 1.29 is 23.9 Å². The van der Waals surface area contributed by atoms with E-state index in [2.05, 4.69) is 15.0 Å². The van der Waals surface area contributed by atoms with Gasteiger partial charge in [0.15, 0.2) is 0 Å². The molecule has 8 nitrogen and oxygen atoms in total. The van der Waals surface area contributed by atoms with Crippen LogP contribution in [0.25, 0.3) is 0 Å². The van der Waals surface area contributed by atoms with Crippen molar-refractivity contribution in [2.24, 2.45) is 0 Å². The lowest BCUT2D eigenvalue weighted by Crippen LogP contribution is -2.40. The van der Waals surface area contributed by atoms with Gasteiger partial charge in [-0.05, 0) is 24.3 Å². The molecule has 0 unspecified atom stereocenters. The molecule has 132 valence electrons. The summed E-state index contributed by atoms with van der Waals surface area (Å²) in [5, 5.41) is 2.58. The molecule has 26 heavy (non-hydrogen) atoms. The molecule has 1 aliphatic heterocycles. The number of esters is 1. The van der Waals surface area contributed by atoms with Crippen LogP contribution in [0.15, 0.2) is 42.6 Å². The summed E-state index contributed by atoms with van der Waals surface area (Å²) in [5.41, 5.74) is 1.34. The highest BCUT2D eigenvalue weighted by Gasteiger charge is 2.36. The van der Waals surface area contributed by atoms with E-state index in [1.165, 1.54) is 25.4 Å². The lowest BCUT2D eigenvalue weighted by Gasteiger charge is -2.13. The van der Waals surface area contributed by atoms with E-state index in [1.54, 1.807) is 24.3 Å². The second-order valence-electron chi connectivity index (χ2n) is 5.55. The average molecular weight is 353 g/mol. The first-order valence-corrected chi connectivity index (χ1v) is 7.76. The Labute approximate surface area is 148 Å². The largest absolute Gasteiger partial charge is 0.465 e. The van der Waals surface area contributed by atoms with Crippen molar-refractivity contribution in [3.8, 4) is 0 Å². The first kappa shape index (κ1) is 17.3. The van der Waals surface area contributed by atoms with Gasteiger partial charge in [-0.2, -0.15) is 0 Å². The highest BCUT2D eigenvalue weighted by atomic mass is 16.5. The zero-order valence-electron chi connectivity index (χ0n) is 13.9. The number of amides is 3. The molecule has 3 amide bonds. The van der Waals surface area contributed by atoms with E-state index < -0.39 is 23.7 Å². The highest BCUT2D eigenvalue weighted by Crippen LogP contribution is 2.21. The number of hydrogen-bond donors (Lipinski definition) is 1. The quantitative estimate of drug-likeness (QED) is 0.629. The van der Waals surface area contributed by atoms with Crippen molar-refractivity contribution in [3.05, 3.63) is 65.0 Å². The summed E-state index contributed by atoms with van der Waals surface area (Å²) < 4.78 is 4.62. The summed E-state index contributed by atoms with van der Waals surface area (Å²) in [5.74, 6) is -2.01. The van der Waals surface area contributed by atoms with E-state index in [0.29, 0.717) is 11.3 Å². The molecule has 2 aromatic rings. The third-order valence-electron chi connectivity index (χ3n) is 3.88. The number of nitrogens with zero attached hydrogens (tertiary/aromatic N) is 2. The van der Waals surface area contributed by atoms with Crippen LogP contribution in [0.3, 0.4) is 0 Å². The van der Waals surface area contributed by atoms with Crippen LogP contribution in [0.1, 0.15) is 36.8 Å². The van der Waals surface area contributed by atoms with Crippen molar-refractivity contribution >= 4 is 23.7 Å². The molecule has 8 heteroatoms. The molecule has 1 aromatic carbocycles. The first-order valence-electron chi connectivity index (χ1n) is 7.76. The molecule has 0 fully saturated rings. The van der Waals surface area contributed by atoms with Gasteiger partial charge in [-0.3, -0.25) is 24.3 Å². The number of rotatable bonds is 5. The van der Waals surface area contributed by atoms with Crippen molar-refractivity contribution in [1.29, 1.82) is 0 Å². The van der Waals surface area contributed by atoms with Gasteiger partial charge in [0.1, 0.15) is 6.54 Å². The van der Waals surface area contributed by atoms with Gasteiger partial charge < -0.3 is 10.1 Å². The van der Waals surface area contributed by atoms with Gasteiger partial charge in [0.25, 0.3) is 11.8 Å². The maximum atomic E-state index is 12.2. The Balaban J connectivity index is 1.61. The zero-order valence-corrected chi connectivity index (χ0v) is 13.9. The van der Waals surface area contributed by atoms with Crippen LogP contribution in [-0.4, -0.2) is 47.2 Å². The van der Waals surface area contributed by atoms with Crippen LogP contribution in [-0.2, 0) is 16.1 Å². The Morgan fingerprint density at radius 2 is 1.77 bits per heavy atom. The molecule has 3 rings (SSSR count). The van der Waals surface area contributed by atoms with Crippen LogP contribution < -0.4 is 5.32 Å². The number of pyridine rings is 1. The number of fused-ring (bicyclic) bond motifs is 1. The van der Waals surface area contributed by atoms with Gasteiger partial charge in [-0.15, -0.1) is 0 Å². The van der Waals surface area contributed by atoms with E-state index in [4.69, 9.17) is 0 Å². The molecule has 1 N–H and O–H groups in total. The van der Waals surface area contributed by atoms with Crippen molar-refractivity contribution in [2.45, 2.75) is 6.54 Å². The van der Waals surface area contributed by atoms with Gasteiger partial charge in [-0.1, -0.05) is 12.1 Å². The predicted molar refractivity (Wildman–Crippen MR) is 89.2 cm³/mol. The van der Waals surface area contributed by atoms with Crippen molar-refractivity contribution in [1.82, 2.24) is 15.2 Å². The van der Waals surface area contributed by atoms with E-state index in [0.717, 1.165) is 4.90 Å². The predicted octanol–water partition coefficient (Wildman–Crippen LogP) is 0.781. The summed E-state index contributed by atoms with van der Waals surface area (Å²) in [7, 11) is 1.27. The third-order valence-corrected chi connectivity index (χ3v) is 3.88. The fourth-order valence-corrected chi connectivity index (χ4v) is 2.59. The second-order valence-corrected chi connectivity index (χ2v) is 5.55. The van der Waals surface area contributed by atoms with E-state index in [9.17, 15) is 19.2 Å². The average Bonchev–Trinajstić information content (AvgIpc) is 2.91. The summed E-state index contributed by atoms with van der Waals surface area (Å²) in [4.78, 5) is 53.0. The van der Waals surface area contributed by atoms with Crippen LogP contribution in [0.2, 0.25) is 0 Å². The molecule has 0 bridgehead atoms. The molecule has 1 aliphatic rings. The van der Waals surface area contributed by atoms with E-state index >= 15 is 0 Å². The number of benzene rings is 1. The van der Waals surface area contributed by atoms with Crippen LogP contribution in [0.5, 0.6) is 0 Å². The third kappa shape index (κ3) is 3.30. The number of imide groups is 1. The van der Waals surface area contributed by atoms with Gasteiger partial charge >= 0.3 is 5.97 Å². The number of carbonyl (C=O) groups is 4. The fraction of sp³-hybridized carbons (Fsp3) is 0.167. The summed E-state index contributed by atoms with van der Waals surface area (Å²) in [6.07, 6.45) is 1.43. The topological polar surface area (TPSA) is 106 Å². The summed E-state index contributed by atoms with van der Waals surface area (Å²) in [6.45, 7) is -0.337. The van der Waals surface area contributed by atoms with Gasteiger partial charge in [0.05, 0.1) is 36.0 Å². The maximum absolute atomic E-state index is 12.2. The molecular weight excluding hydrogens is 338 g/mol. The Hall–Kier alpha value is -3.55. The second kappa shape index (κ2) is 7.14. The molecule has 0 saturated carbocycles. The molecule has 1 aromatic heterocycles. The van der Waals surface area contributed by atoms with Crippen LogP contribution in [0, 0.1) is 0 Å². The fourth-order valence-electron chi connectivity index (χ4n) is 2.59. The SMILES string of the molecule is COC(=O)c1ccnc(CNC(=O)CN2C(=O)c3ccccc3C2=O)c1. The minimum Gasteiger partial charge on any atom is -0.465 e. The van der Waals surface area contributed by atoms with Gasteiger partial charge in [-0.25, -0.2) is 4.79 Å². The van der Waals surface area contributed by atoms with Crippen molar-refractivity contribution in [2.75, 3.05) is 13.7 Å². The first-order chi connectivity index (χ1) is 12.5. The normalized spacial score (nSPS) is 12.7. The molecule has 0 atom stereocenters. The number of nitrogens with one attached hydrogen (secondary N) is 1. The van der Waals surface area contributed by atoms with Gasteiger partial charge in [0, 0.05) is 6.20 Å². The minimum absolute atomic E-state index is 0.0484. The monoisotopic (exact) mass is 353 g/mol. The standard InChI is InChI=1S/C18H15N3O5/c1-26-18(25)11-6-7-19-12(8-11)9-20-15(22)10-21-16(23)13-4-2-3-5-14(13)17(21)24/h2-8H,9-10H2,1H3,(H,20,22). The number of aromatic nitrogens is 1. The Bertz CT molecular complexity index is 874. The zero-order chi connectivity index (χ0) is 18.7. The lowest BCUT2D eigenvalue weighted by molar-refractivity contribution is -0.121. The van der Waals surface area contributed by atoms with Crippen LogP contribution >= 0.6 is 0 Å². The Morgan fingerprint density at radius 1 is 1.12 bits per heavy atom. The van der Waals surface area contributed by atoms with E-state index in [-0.39, 0.29) is 24.2 Å². The lowest BCUT2D eigenvalue weighted by atomic mass is 10.1. The van der Waals surface area contributed by atoms with Gasteiger partial charge in [0.2, 0.25) is 5.91 Å². The highest BCUT2D eigenvalue weighted by molar-refractivity contribution is 6.22. The smallest absolute Gasteiger partial charge is 0.337 e. The molecule has 0 aliphatic carbocycles. The molecule has 0 saturated heterocycles. The molecule has 0 radical (unpaired) electrons. The molecule has 2 heterocycles. The Morgan fingerprint density at radius 3 is 2.38 bits per heavy atom. The summed E-state index contributed by atoms with van der Waals surface area (Å²) >= 11 is 0. The minimum atomic E-state index is -0.509. The molecular formula is C18H15N3O5. The number of methoxy groups -OCH3 is 1.